The van der Waals surface area contributed by atoms with Gasteiger partial charge in [0.15, 0.2) is 0 Å². The molecule has 0 fully saturated rings. The van der Waals surface area contributed by atoms with Crippen LogP contribution in [0.3, 0.4) is 0 Å². The summed E-state index contributed by atoms with van der Waals surface area (Å²) in [6.45, 7) is 11.0. The number of fused-ring (bicyclic) bond motifs is 1. The number of aliphatic hydroxyl groups excluding tert-OH is 1. The van der Waals surface area contributed by atoms with Gasteiger partial charge in [0.1, 0.15) is 5.69 Å². The number of benzene rings is 2. The van der Waals surface area contributed by atoms with Crippen LogP contribution < -0.4 is 0 Å². The van der Waals surface area contributed by atoms with Gasteiger partial charge in [0.05, 0.1) is 30.0 Å². The molecule has 1 atom stereocenters. The molecule has 0 saturated carbocycles. The third-order valence-electron chi connectivity index (χ3n) is 5.59. The zero-order valence-corrected chi connectivity index (χ0v) is 19.4. The Balaban J connectivity index is 0.00000141. The van der Waals surface area contributed by atoms with E-state index in [9.17, 15) is 9.90 Å². The minimum Gasteiger partial charge on any atom is -0.392 e. The van der Waals surface area contributed by atoms with Crippen LogP contribution in [0.5, 0.6) is 0 Å². The highest BCUT2D eigenvalue weighted by Crippen LogP contribution is 2.32. The van der Waals surface area contributed by atoms with E-state index in [2.05, 4.69) is 12.1 Å². The van der Waals surface area contributed by atoms with Gasteiger partial charge >= 0.3 is 0 Å². The van der Waals surface area contributed by atoms with Gasteiger partial charge in [0.25, 0.3) is 5.91 Å². The van der Waals surface area contributed by atoms with Crippen molar-refractivity contribution in [3.05, 3.63) is 76.0 Å². The highest BCUT2D eigenvalue weighted by molar-refractivity contribution is 5.94. The van der Waals surface area contributed by atoms with E-state index in [4.69, 9.17) is 10.4 Å². The maximum absolute atomic E-state index is 13.2. The molecule has 6 nitrogen and oxygen atoms in total. The van der Waals surface area contributed by atoms with Crippen molar-refractivity contribution >= 4 is 5.91 Å². The van der Waals surface area contributed by atoms with E-state index < -0.39 is 0 Å². The SMILES string of the molecule is CC.Cc1cc(C)c(-c2cc3n(n2)C(C)CN(Cc2ccc(C#N)cc2)C3=O)c(CO)c1. The van der Waals surface area contributed by atoms with Crippen LogP contribution in [0, 0.1) is 25.2 Å². The monoisotopic (exact) mass is 430 g/mol. The Bertz CT molecular complexity index is 1160. The first-order valence-electron chi connectivity index (χ1n) is 11.0. The first kappa shape index (κ1) is 23.2. The first-order valence-corrected chi connectivity index (χ1v) is 11.0. The molecule has 1 amide bonds. The van der Waals surface area contributed by atoms with Gasteiger partial charge in [-0.1, -0.05) is 43.7 Å². The lowest BCUT2D eigenvalue weighted by atomic mass is 9.96. The van der Waals surface area contributed by atoms with E-state index in [0.29, 0.717) is 30.0 Å². The average molecular weight is 431 g/mol. The van der Waals surface area contributed by atoms with Crippen LogP contribution in [0.2, 0.25) is 0 Å². The highest BCUT2D eigenvalue weighted by atomic mass is 16.3. The minimum atomic E-state index is -0.0750. The molecule has 1 unspecified atom stereocenters. The van der Waals surface area contributed by atoms with Crippen LogP contribution in [-0.2, 0) is 13.2 Å². The molecule has 3 aromatic rings. The lowest BCUT2D eigenvalue weighted by Crippen LogP contribution is -2.41. The standard InChI is InChI=1S/C24H24N4O2.C2H6/c1-15-8-16(2)23(20(9-15)14-29)21-10-22-24(30)27(12-17(3)28(22)26-21)13-19-6-4-18(11-25)5-7-19;1-2/h4-10,17,29H,12-14H2,1-3H3;1-2H3. The van der Waals surface area contributed by atoms with Crippen molar-refractivity contribution in [2.45, 2.75) is 53.8 Å². The predicted molar refractivity (Wildman–Crippen MR) is 125 cm³/mol. The summed E-state index contributed by atoms with van der Waals surface area (Å²) in [4.78, 5) is 15.0. The summed E-state index contributed by atoms with van der Waals surface area (Å²) in [7, 11) is 0. The maximum atomic E-state index is 13.2. The van der Waals surface area contributed by atoms with Crippen molar-refractivity contribution in [1.82, 2.24) is 14.7 Å². The molecule has 1 aliphatic heterocycles. The molecule has 2 aromatic carbocycles. The lowest BCUT2D eigenvalue weighted by molar-refractivity contribution is 0.0651. The first-order chi connectivity index (χ1) is 15.4. The number of rotatable bonds is 4. The second-order valence-electron chi connectivity index (χ2n) is 7.98. The third kappa shape index (κ3) is 4.44. The number of carbonyl (C=O) groups excluding carboxylic acids is 1. The van der Waals surface area contributed by atoms with Gasteiger partial charge in [0.2, 0.25) is 0 Å². The Morgan fingerprint density at radius 2 is 1.84 bits per heavy atom. The van der Waals surface area contributed by atoms with Crippen molar-refractivity contribution in [1.29, 1.82) is 5.26 Å². The molecule has 0 aliphatic carbocycles. The van der Waals surface area contributed by atoms with Gasteiger partial charge in [-0.2, -0.15) is 10.4 Å². The van der Waals surface area contributed by atoms with Gasteiger partial charge in [0, 0.05) is 18.7 Å². The fourth-order valence-corrected chi connectivity index (χ4v) is 4.24. The van der Waals surface area contributed by atoms with Crippen molar-refractivity contribution in [3.8, 4) is 17.3 Å². The molecule has 1 N–H and O–H groups in total. The van der Waals surface area contributed by atoms with Gasteiger partial charge in [-0.05, 0) is 55.7 Å². The van der Waals surface area contributed by atoms with E-state index in [1.165, 1.54) is 0 Å². The van der Waals surface area contributed by atoms with Crippen LogP contribution >= 0.6 is 0 Å². The van der Waals surface area contributed by atoms with Gasteiger partial charge in [-0.3, -0.25) is 9.48 Å². The van der Waals surface area contributed by atoms with E-state index in [1.54, 1.807) is 16.8 Å². The zero-order chi connectivity index (χ0) is 23.4. The van der Waals surface area contributed by atoms with Crippen LogP contribution in [0.15, 0.2) is 42.5 Å². The zero-order valence-electron chi connectivity index (χ0n) is 19.4. The number of nitriles is 1. The Morgan fingerprint density at radius 3 is 2.47 bits per heavy atom. The number of aryl methyl sites for hydroxylation is 2. The smallest absolute Gasteiger partial charge is 0.272 e. The summed E-state index contributed by atoms with van der Waals surface area (Å²) in [6.07, 6.45) is 0. The summed E-state index contributed by atoms with van der Waals surface area (Å²) in [5.74, 6) is -0.0634. The average Bonchev–Trinajstić information content (AvgIpc) is 3.24. The van der Waals surface area contributed by atoms with Crippen LogP contribution in [0.4, 0.5) is 0 Å². The molecule has 2 heterocycles. The summed E-state index contributed by atoms with van der Waals surface area (Å²) < 4.78 is 1.80. The van der Waals surface area contributed by atoms with Crippen LogP contribution in [0.1, 0.15) is 65.1 Å². The van der Waals surface area contributed by atoms with Gasteiger partial charge < -0.3 is 10.0 Å². The molecule has 6 heteroatoms. The van der Waals surface area contributed by atoms with E-state index >= 15 is 0 Å². The Morgan fingerprint density at radius 1 is 1.16 bits per heavy atom. The number of carbonyl (C=O) groups is 1. The van der Waals surface area contributed by atoms with Gasteiger partial charge in [-0.25, -0.2) is 0 Å². The Kier molecular flexibility index (Phi) is 7.12. The second-order valence-corrected chi connectivity index (χ2v) is 7.98. The molecule has 0 saturated heterocycles. The van der Waals surface area contributed by atoms with Crippen molar-refractivity contribution in [3.63, 3.8) is 0 Å². The predicted octanol–water partition coefficient (Wildman–Crippen LogP) is 4.77. The fourth-order valence-electron chi connectivity index (χ4n) is 4.24. The largest absolute Gasteiger partial charge is 0.392 e. The van der Waals surface area contributed by atoms with Crippen LogP contribution in [-0.4, -0.2) is 32.2 Å². The number of aliphatic hydroxyl groups is 1. The molecule has 4 rings (SSSR count). The normalized spacial score (nSPS) is 15.0. The Hall–Kier alpha value is -3.43. The lowest BCUT2D eigenvalue weighted by Gasteiger charge is -2.31. The van der Waals surface area contributed by atoms with E-state index in [0.717, 1.165) is 27.8 Å². The van der Waals surface area contributed by atoms with Crippen molar-refractivity contribution in [2.75, 3.05) is 6.54 Å². The number of amides is 1. The van der Waals surface area contributed by atoms with Crippen LogP contribution in [0.25, 0.3) is 11.3 Å². The molecule has 1 aromatic heterocycles. The highest BCUT2D eigenvalue weighted by Gasteiger charge is 2.31. The Labute approximate surface area is 189 Å². The number of hydrogen-bond donors (Lipinski definition) is 1. The topological polar surface area (TPSA) is 82.2 Å². The minimum absolute atomic E-state index is 0.0353. The summed E-state index contributed by atoms with van der Waals surface area (Å²) >= 11 is 0. The molecular weight excluding hydrogens is 400 g/mol. The van der Waals surface area contributed by atoms with Crippen molar-refractivity contribution in [2.24, 2.45) is 0 Å². The van der Waals surface area contributed by atoms with Crippen molar-refractivity contribution < 1.29 is 9.90 Å². The summed E-state index contributed by atoms with van der Waals surface area (Å²) in [5.41, 5.74) is 6.69. The second kappa shape index (κ2) is 9.80. The molecule has 1 aliphatic rings. The summed E-state index contributed by atoms with van der Waals surface area (Å²) in [6, 6.07) is 15.3. The van der Waals surface area contributed by atoms with E-state index in [1.807, 2.05) is 63.8 Å². The molecule has 32 heavy (non-hydrogen) atoms. The third-order valence-corrected chi connectivity index (χ3v) is 5.59. The maximum Gasteiger partial charge on any atom is 0.272 e. The number of aromatic nitrogens is 2. The molecular formula is C26H30N4O2. The molecule has 0 spiro atoms. The molecule has 0 radical (unpaired) electrons. The van der Waals surface area contributed by atoms with E-state index in [-0.39, 0.29) is 18.6 Å². The fraction of sp³-hybridized carbons (Fsp3) is 0.346. The molecule has 0 bridgehead atoms. The van der Waals surface area contributed by atoms with Gasteiger partial charge in [-0.15, -0.1) is 0 Å². The quantitative estimate of drug-likeness (QED) is 0.646. The summed E-state index contributed by atoms with van der Waals surface area (Å²) in [5, 5.41) is 23.6. The number of nitrogens with zero attached hydrogens (tertiary/aromatic N) is 4. The molecule has 166 valence electrons. The number of hydrogen-bond acceptors (Lipinski definition) is 4.